The maximum Gasteiger partial charge on any atom is 0.422 e. The Morgan fingerprint density at radius 1 is 0.915 bits per heavy atom. The van der Waals surface area contributed by atoms with Crippen LogP contribution < -0.4 is 30.2 Å². The second kappa shape index (κ2) is 17.4. The van der Waals surface area contributed by atoms with E-state index in [9.17, 15) is 27.9 Å². The number of halogens is 4. The number of alkyl carbamates (subject to hydrolysis) is 1. The average Bonchev–Trinajstić information content (AvgIpc) is 2.98. The molecule has 3 rings (SSSR count). The van der Waals surface area contributed by atoms with Gasteiger partial charge in [0.15, 0.2) is 6.61 Å². The lowest BCUT2D eigenvalue weighted by Gasteiger charge is -2.19. The Labute approximate surface area is 277 Å². The van der Waals surface area contributed by atoms with E-state index in [-0.39, 0.29) is 48.6 Å². The number of anilines is 3. The molecule has 0 saturated carbocycles. The van der Waals surface area contributed by atoms with Gasteiger partial charge in [-0.15, -0.1) is 0 Å². The Balaban J connectivity index is 1.71. The third kappa shape index (κ3) is 14.2. The molecule has 4 N–H and O–H groups in total. The first kappa shape index (κ1) is 36.9. The fourth-order valence-electron chi connectivity index (χ4n) is 3.62. The molecule has 0 aliphatic rings. The first-order valence-electron chi connectivity index (χ1n) is 14.4. The highest BCUT2D eigenvalue weighted by Crippen LogP contribution is 2.27. The molecule has 256 valence electrons. The lowest BCUT2D eigenvalue weighted by molar-refractivity contribution is -0.154. The van der Waals surface area contributed by atoms with Crippen LogP contribution in [0.15, 0.2) is 42.5 Å². The Morgan fingerprint density at radius 3 is 2.28 bits per heavy atom. The van der Waals surface area contributed by atoms with Crippen molar-refractivity contribution in [3.05, 3.63) is 53.6 Å². The van der Waals surface area contributed by atoms with Crippen molar-refractivity contribution in [3.63, 3.8) is 0 Å². The number of carbonyl (C=O) groups is 2. The summed E-state index contributed by atoms with van der Waals surface area (Å²) in [6.07, 6.45) is -4.03. The third-order valence-electron chi connectivity index (χ3n) is 5.62. The second-order valence-corrected chi connectivity index (χ2v) is 11.6. The summed E-state index contributed by atoms with van der Waals surface area (Å²) in [6, 6.07) is 10.7. The van der Waals surface area contributed by atoms with Gasteiger partial charge in [0, 0.05) is 30.2 Å². The minimum Gasteiger partial charge on any atom is -0.494 e. The van der Waals surface area contributed by atoms with Crippen LogP contribution >= 0.6 is 15.9 Å². The number of hydrogen-bond acceptors (Lipinski definition) is 11. The molecule has 0 bridgehead atoms. The fourth-order valence-corrected chi connectivity index (χ4v) is 3.84. The predicted molar refractivity (Wildman–Crippen MR) is 170 cm³/mol. The van der Waals surface area contributed by atoms with Gasteiger partial charge in [0.1, 0.15) is 22.7 Å². The number of nitrogens with one attached hydrogen (secondary N) is 3. The van der Waals surface area contributed by atoms with Gasteiger partial charge in [-0.25, -0.2) is 9.59 Å². The van der Waals surface area contributed by atoms with Gasteiger partial charge < -0.3 is 40.0 Å². The molecule has 3 aromatic rings. The van der Waals surface area contributed by atoms with Gasteiger partial charge in [-0.3, -0.25) is 0 Å². The summed E-state index contributed by atoms with van der Waals surface area (Å²) in [5.41, 5.74) is 0.297. The topological polar surface area (TPSA) is 166 Å². The van der Waals surface area contributed by atoms with Gasteiger partial charge in [0.2, 0.25) is 11.9 Å². The average molecular weight is 730 g/mol. The van der Waals surface area contributed by atoms with Gasteiger partial charge in [0.05, 0.1) is 13.2 Å². The number of ether oxygens (including phenoxy) is 4. The zero-order valence-corrected chi connectivity index (χ0v) is 27.5. The van der Waals surface area contributed by atoms with E-state index in [1.54, 1.807) is 32.9 Å². The summed E-state index contributed by atoms with van der Waals surface area (Å²) >= 11 is 3.35. The molecule has 0 saturated heterocycles. The number of hydrogen-bond donors (Lipinski definition) is 4. The number of carboxylic acids is 1. The summed E-state index contributed by atoms with van der Waals surface area (Å²) in [5.74, 6) is -0.801. The summed E-state index contributed by atoms with van der Waals surface area (Å²) < 4.78 is 59.8. The summed E-state index contributed by atoms with van der Waals surface area (Å²) in [4.78, 5) is 35.7. The molecule has 0 atom stereocenters. The fraction of sp³-hybridized carbons (Fsp3) is 0.433. The number of rotatable bonds is 17. The van der Waals surface area contributed by atoms with Crippen LogP contribution in [-0.4, -0.2) is 75.6 Å². The summed E-state index contributed by atoms with van der Waals surface area (Å²) in [6.45, 7) is 4.63. The van der Waals surface area contributed by atoms with Crippen LogP contribution in [0.5, 0.6) is 17.5 Å². The smallest absolute Gasteiger partial charge is 0.422 e. The van der Waals surface area contributed by atoms with Gasteiger partial charge in [0.25, 0.3) is 0 Å². The van der Waals surface area contributed by atoms with Crippen molar-refractivity contribution in [3.8, 4) is 17.5 Å². The number of carboxylic acid groups (broad SMARTS) is 1. The number of aromatic nitrogens is 3. The van der Waals surface area contributed by atoms with Gasteiger partial charge in [-0.1, -0.05) is 28.1 Å². The quantitative estimate of drug-likeness (QED) is 0.0904. The minimum absolute atomic E-state index is 0.000313. The molecule has 0 aliphatic heterocycles. The van der Waals surface area contributed by atoms with Gasteiger partial charge in [-0.05, 0) is 63.4 Å². The SMILES string of the molecule is CC(C)(C)OC(=O)NCCCOc1cc(Nc2nc(NCc3ccc(OCCCBr)cc3)nc(OCC(F)(F)F)n2)ccc1C(=O)O. The molecule has 0 unspecified atom stereocenters. The van der Waals surface area contributed by atoms with Crippen molar-refractivity contribution < 1.29 is 46.8 Å². The number of aromatic carboxylic acids is 1. The van der Waals surface area contributed by atoms with Crippen molar-refractivity contribution in [1.29, 1.82) is 0 Å². The zero-order chi connectivity index (χ0) is 34.5. The Kier molecular flexibility index (Phi) is 13.7. The van der Waals surface area contributed by atoms with E-state index in [0.717, 1.165) is 17.3 Å². The van der Waals surface area contributed by atoms with Crippen molar-refractivity contribution >= 4 is 45.6 Å². The van der Waals surface area contributed by atoms with Crippen LogP contribution in [0.4, 0.5) is 35.5 Å². The molecule has 0 spiro atoms. The number of alkyl halides is 4. The minimum atomic E-state index is -4.63. The second-order valence-electron chi connectivity index (χ2n) is 10.8. The summed E-state index contributed by atoms with van der Waals surface area (Å²) in [5, 5.41) is 18.8. The van der Waals surface area contributed by atoms with Crippen LogP contribution in [0, 0.1) is 0 Å². The Bertz CT molecular complexity index is 1470. The molecule has 0 fully saturated rings. The summed E-state index contributed by atoms with van der Waals surface area (Å²) in [7, 11) is 0. The number of amides is 1. The van der Waals surface area contributed by atoms with Gasteiger partial charge in [-0.2, -0.15) is 28.1 Å². The van der Waals surface area contributed by atoms with E-state index in [0.29, 0.717) is 18.8 Å². The molecule has 1 heterocycles. The highest BCUT2D eigenvalue weighted by molar-refractivity contribution is 9.09. The van der Waals surface area contributed by atoms with E-state index >= 15 is 0 Å². The normalized spacial score (nSPS) is 11.4. The first-order chi connectivity index (χ1) is 22.2. The predicted octanol–water partition coefficient (Wildman–Crippen LogP) is 6.32. The molecule has 1 amide bonds. The van der Waals surface area contributed by atoms with Crippen LogP contribution in [0.3, 0.4) is 0 Å². The Morgan fingerprint density at radius 2 is 1.62 bits per heavy atom. The lowest BCUT2D eigenvalue weighted by atomic mass is 10.2. The van der Waals surface area contributed by atoms with Crippen LogP contribution in [0.1, 0.15) is 49.5 Å². The number of nitrogens with zero attached hydrogens (tertiary/aromatic N) is 3. The highest BCUT2D eigenvalue weighted by atomic mass is 79.9. The molecular formula is C30H36BrF3N6O7. The maximum absolute atomic E-state index is 12.9. The van der Waals surface area contributed by atoms with Crippen LogP contribution in [0.25, 0.3) is 0 Å². The van der Waals surface area contributed by atoms with Crippen LogP contribution in [0.2, 0.25) is 0 Å². The van der Waals surface area contributed by atoms with Crippen molar-refractivity contribution in [2.24, 2.45) is 0 Å². The first-order valence-corrected chi connectivity index (χ1v) is 15.5. The number of benzene rings is 2. The largest absolute Gasteiger partial charge is 0.494 e. The third-order valence-corrected chi connectivity index (χ3v) is 6.18. The van der Waals surface area contributed by atoms with E-state index in [1.165, 1.54) is 18.2 Å². The van der Waals surface area contributed by atoms with Crippen molar-refractivity contribution in [1.82, 2.24) is 20.3 Å². The highest BCUT2D eigenvalue weighted by Gasteiger charge is 2.29. The van der Waals surface area contributed by atoms with Crippen molar-refractivity contribution in [2.75, 3.05) is 42.3 Å². The maximum atomic E-state index is 12.9. The zero-order valence-electron chi connectivity index (χ0n) is 25.9. The monoisotopic (exact) mass is 728 g/mol. The molecule has 2 aromatic carbocycles. The van der Waals surface area contributed by atoms with Crippen molar-refractivity contribution in [2.45, 2.75) is 51.9 Å². The van der Waals surface area contributed by atoms with Crippen LogP contribution in [-0.2, 0) is 11.3 Å². The number of carbonyl (C=O) groups excluding carboxylic acids is 1. The van der Waals surface area contributed by atoms with Gasteiger partial charge >= 0.3 is 24.2 Å². The standard InChI is InChI=1S/C30H36BrF3N6O7/c1-29(2,3)47-28(43)35-13-5-15-45-23-16-20(8-11-22(23)24(41)42)37-26-38-25(39-27(40-26)46-18-30(32,33)34)36-17-19-6-9-21(10-7-19)44-14-4-12-31/h6-11,16H,4-5,12-15,17-18H2,1-3H3,(H,35,43)(H,41,42)(H2,36,37,38,39,40). The molecule has 0 aliphatic carbocycles. The molecule has 17 heteroatoms. The van der Waals surface area contributed by atoms with E-state index in [4.69, 9.17) is 18.9 Å². The molecule has 0 radical (unpaired) electrons. The molecular weight excluding hydrogens is 693 g/mol. The van der Waals surface area contributed by atoms with E-state index < -0.39 is 36.5 Å². The Hall–Kier alpha value is -4.54. The lowest BCUT2D eigenvalue weighted by Crippen LogP contribution is -2.33. The van der Waals surface area contributed by atoms with E-state index in [1.807, 2.05) is 12.1 Å². The molecule has 47 heavy (non-hydrogen) atoms. The van der Waals surface area contributed by atoms with E-state index in [2.05, 4.69) is 46.8 Å². The molecule has 1 aromatic heterocycles. The molecule has 13 nitrogen and oxygen atoms in total.